The Morgan fingerprint density at radius 3 is 2.42 bits per heavy atom. The molecule has 0 spiro atoms. The van der Waals surface area contributed by atoms with E-state index >= 15 is 0 Å². The maximum Gasteiger partial charge on any atom is 0.475 e. The number of hydrogen-bond acceptors (Lipinski definition) is 8. The largest absolute Gasteiger partial charge is 0.475 e. The maximum absolute atomic E-state index is 12.7. The Hall–Kier alpha value is -2.83. The van der Waals surface area contributed by atoms with E-state index in [0.29, 0.717) is 12.8 Å². The molecule has 10 nitrogen and oxygen atoms in total. The number of aryl methyl sites for hydroxylation is 1. The second-order valence-corrected chi connectivity index (χ2v) is 9.30. The number of nitrogens with one attached hydrogen (secondary N) is 2. The van der Waals surface area contributed by atoms with Gasteiger partial charge in [0.2, 0.25) is 5.91 Å². The van der Waals surface area contributed by atoms with Crippen molar-refractivity contribution in [2.45, 2.75) is 31.2 Å². The van der Waals surface area contributed by atoms with Gasteiger partial charge in [0.15, 0.2) is 0 Å². The van der Waals surface area contributed by atoms with Gasteiger partial charge >= 0.3 is 7.12 Å². The summed E-state index contributed by atoms with van der Waals surface area (Å²) in [6, 6.07) is 8.11. The highest BCUT2D eigenvalue weighted by molar-refractivity contribution is 7.90. The third-order valence-corrected chi connectivity index (χ3v) is 5.34. The molecular formula is C19H25BN4O6S. The molecule has 0 fully saturated rings. The number of carbonyl (C=O) groups is 2. The highest BCUT2D eigenvalue weighted by atomic mass is 32.2. The maximum atomic E-state index is 12.7. The molecule has 0 aliphatic heterocycles. The minimum absolute atomic E-state index is 0.0876. The molecule has 1 unspecified atom stereocenters. The van der Waals surface area contributed by atoms with Gasteiger partial charge < -0.3 is 20.7 Å². The van der Waals surface area contributed by atoms with E-state index in [1.165, 1.54) is 18.6 Å². The van der Waals surface area contributed by atoms with Gasteiger partial charge in [-0.25, -0.2) is 13.4 Å². The average molecular weight is 448 g/mol. The van der Waals surface area contributed by atoms with E-state index in [9.17, 15) is 28.1 Å². The summed E-state index contributed by atoms with van der Waals surface area (Å²) in [5.74, 6) is -3.32. The molecule has 0 radical (unpaired) electrons. The number of benzene rings is 1. The highest BCUT2D eigenvalue weighted by Gasteiger charge is 2.31. The third kappa shape index (κ3) is 8.83. The average Bonchev–Trinajstić information content (AvgIpc) is 2.72. The lowest BCUT2D eigenvalue weighted by Gasteiger charge is -2.22. The van der Waals surface area contributed by atoms with E-state index in [1.54, 1.807) is 0 Å². The normalized spacial score (nSPS) is 13.1. The summed E-state index contributed by atoms with van der Waals surface area (Å²) in [7, 11) is -5.49. The van der Waals surface area contributed by atoms with Crippen LogP contribution in [0.3, 0.4) is 0 Å². The van der Waals surface area contributed by atoms with Gasteiger partial charge in [0.1, 0.15) is 21.6 Å². The number of carbonyl (C=O) groups excluding carboxylic acids is 2. The molecule has 0 aliphatic carbocycles. The van der Waals surface area contributed by atoms with Crippen molar-refractivity contribution in [1.29, 1.82) is 0 Å². The van der Waals surface area contributed by atoms with Gasteiger partial charge in [-0.1, -0.05) is 30.3 Å². The van der Waals surface area contributed by atoms with Crippen LogP contribution in [0.2, 0.25) is 0 Å². The van der Waals surface area contributed by atoms with Crippen LogP contribution in [-0.4, -0.2) is 71.4 Å². The summed E-state index contributed by atoms with van der Waals surface area (Å²) in [6.45, 7) is 0. The fourth-order valence-electron chi connectivity index (χ4n) is 2.88. The summed E-state index contributed by atoms with van der Waals surface area (Å²) < 4.78 is 23.5. The smallest absolute Gasteiger partial charge is 0.426 e. The molecule has 12 heteroatoms. The van der Waals surface area contributed by atoms with Crippen LogP contribution in [0.25, 0.3) is 0 Å². The van der Waals surface area contributed by atoms with Crippen molar-refractivity contribution in [2.24, 2.45) is 0 Å². The predicted molar refractivity (Wildman–Crippen MR) is 114 cm³/mol. The summed E-state index contributed by atoms with van der Waals surface area (Å²) >= 11 is 0. The Balaban J connectivity index is 2.03. The lowest BCUT2D eigenvalue weighted by molar-refractivity contribution is -0.122. The molecule has 166 valence electrons. The molecule has 31 heavy (non-hydrogen) atoms. The van der Waals surface area contributed by atoms with Gasteiger partial charge in [0, 0.05) is 18.6 Å². The fraction of sp³-hybridized carbons (Fsp3) is 0.368. The van der Waals surface area contributed by atoms with Crippen LogP contribution in [0.15, 0.2) is 48.9 Å². The minimum atomic E-state index is -3.64. The van der Waals surface area contributed by atoms with E-state index in [1.807, 2.05) is 30.3 Å². The van der Waals surface area contributed by atoms with Crippen molar-refractivity contribution in [3.05, 3.63) is 60.2 Å². The molecule has 0 saturated carbocycles. The number of hydrogen-bond donors (Lipinski definition) is 4. The van der Waals surface area contributed by atoms with Gasteiger partial charge in [-0.05, 0) is 24.8 Å². The molecule has 2 rings (SSSR count). The van der Waals surface area contributed by atoms with Crippen LogP contribution in [0.4, 0.5) is 0 Å². The number of rotatable bonds is 11. The summed E-state index contributed by atoms with van der Waals surface area (Å²) in [5.41, 5.74) is 0.974. The second-order valence-electron chi connectivity index (χ2n) is 7.12. The van der Waals surface area contributed by atoms with Crippen LogP contribution in [0, 0.1) is 0 Å². The highest BCUT2D eigenvalue weighted by Crippen LogP contribution is 2.08. The summed E-state index contributed by atoms with van der Waals surface area (Å²) in [5, 5.41) is 24.0. The molecule has 0 aliphatic rings. The van der Waals surface area contributed by atoms with E-state index in [4.69, 9.17) is 0 Å². The molecule has 1 aromatic heterocycles. The Kier molecular flexibility index (Phi) is 9.10. The van der Waals surface area contributed by atoms with Gasteiger partial charge in [-0.3, -0.25) is 14.6 Å². The Bertz CT molecular complexity index is 960. The Morgan fingerprint density at radius 2 is 1.84 bits per heavy atom. The lowest BCUT2D eigenvalue weighted by Crippen LogP contribution is -2.56. The van der Waals surface area contributed by atoms with Gasteiger partial charge in [-0.2, -0.15) is 0 Å². The first kappa shape index (κ1) is 24.4. The first-order valence-corrected chi connectivity index (χ1v) is 11.7. The fourth-order valence-corrected chi connectivity index (χ4v) is 3.72. The van der Waals surface area contributed by atoms with E-state index in [2.05, 4.69) is 20.6 Å². The van der Waals surface area contributed by atoms with E-state index in [0.717, 1.165) is 11.8 Å². The second kappa shape index (κ2) is 11.5. The molecule has 1 heterocycles. The molecule has 2 amide bonds. The van der Waals surface area contributed by atoms with Crippen LogP contribution < -0.4 is 10.6 Å². The van der Waals surface area contributed by atoms with Crippen molar-refractivity contribution in [1.82, 2.24) is 20.6 Å². The lowest BCUT2D eigenvalue weighted by atomic mass is 9.76. The van der Waals surface area contributed by atoms with Crippen LogP contribution in [0.5, 0.6) is 0 Å². The topological polar surface area (TPSA) is 159 Å². The minimum Gasteiger partial charge on any atom is -0.426 e. The molecule has 0 saturated heterocycles. The van der Waals surface area contributed by atoms with Gasteiger partial charge in [0.05, 0.1) is 17.9 Å². The molecule has 2 aromatic rings. The number of aromatic nitrogens is 2. The van der Waals surface area contributed by atoms with E-state index in [-0.39, 0.29) is 12.1 Å². The van der Waals surface area contributed by atoms with Crippen molar-refractivity contribution in [3.63, 3.8) is 0 Å². The standard InChI is InChI=1S/C19H25BN4O6S/c1-31(29,30)13-16(23-18(25)15-12-21-10-11-22-15)19(26)24-17(20(27)28)9-5-8-14-6-3-2-4-7-14/h2-4,6-7,10-12,16-17,27-28H,5,8-9,13H2,1H3,(H,23,25)(H,24,26)/t16?,17-/m0/s1. The first-order valence-electron chi connectivity index (χ1n) is 9.61. The molecule has 1 aromatic carbocycles. The summed E-state index contributed by atoms with van der Waals surface area (Å²) in [4.78, 5) is 32.6. The molecule has 4 N–H and O–H groups in total. The monoisotopic (exact) mass is 448 g/mol. The van der Waals surface area contributed by atoms with E-state index < -0.39 is 46.5 Å². The molecule has 0 bridgehead atoms. The Labute approximate surface area is 181 Å². The van der Waals surface area contributed by atoms with Gasteiger partial charge in [0.25, 0.3) is 5.91 Å². The quantitative estimate of drug-likeness (QED) is 0.323. The van der Waals surface area contributed by atoms with Crippen molar-refractivity contribution >= 4 is 28.8 Å². The zero-order valence-corrected chi connectivity index (χ0v) is 17.8. The van der Waals surface area contributed by atoms with Crippen LogP contribution in [0.1, 0.15) is 28.9 Å². The van der Waals surface area contributed by atoms with Crippen LogP contribution >= 0.6 is 0 Å². The molecule has 2 atom stereocenters. The Morgan fingerprint density at radius 1 is 1.13 bits per heavy atom. The van der Waals surface area contributed by atoms with Crippen molar-refractivity contribution in [3.8, 4) is 0 Å². The summed E-state index contributed by atoms with van der Waals surface area (Å²) in [6.07, 6.45) is 6.20. The van der Waals surface area contributed by atoms with Crippen LogP contribution in [-0.2, 0) is 21.1 Å². The molecular weight excluding hydrogens is 423 g/mol. The third-order valence-electron chi connectivity index (χ3n) is 4.40. The first-order chi connectivity index (χ1) is 14.7. The SMILES string of the molecule is CS(=O)(=O)CC(NC(=O)c1cnccn1)C(=O)N[C@@H](CCCc1ccccc1)B(O)O. The van der Waals surface area contributed by atoms with Crippen molar-refractivity contribution in [2.75, 3.05) is 12.0 Å². The number of amides is 2. The zero-order valence-electron chi connectivity index (χ0n) is 17.0. The number of nitrogens with zero attached hydrogens (tertiary/aromatic N) is 2. The van der Waals surface area contributed by atoms with Gasteiger partial charge in [-0.15, -0.1) is 0 Å². The zero-order chi connectivity index (χ0) is 22.9. The van der Waals surface area contributed by atoms with Crippen molar-refractivity contribution < 1.29 is 28.1 Å². The number of sulfone groups is 1. The predicted octanol–water partition coefficient (Wildman–Crippen LogP) is -0.861.